The van der Waals surface area contributed by atoms with Crippen molar-refractivity contribution in [3.05, 3.63) is 29.6 Å². The Bertz CT molecular complexity index is 626. The molecule has 0 aliphatic carbocycles. The Balaban J connectivity index is 2.58. The highest BCUT2D eigenvalue weighted by molar-refractivity contribution is 6.17. The van der Waals surface area contributed by atoms with Gasteiger partial charge in [0.05, 0.1) is 16.9 Å². The molecule has 19 heavy (non-hydrogen) atoms. The van der Waals surface area contributed by atoms with Crippen LogP contribution in [0.15, 0.2) is 18.2 Å². The highest BCUT2D eigenvalue weighted by Crippen LogP contribution is 2.22. The van der Waals surface area contributed by atoms with Gasteiger partial charge in [-0.05, 0) is 39.3 Å². The van der Waals surface area contributed by atoms with Crippen molar-refractivity contribution in [3.63, 3.8) is 0 Å². The van der Waals surface area contributed by atoms with Crippen LogP contribution in [0.1, 0.15) is 32.2 Å². The van der Waals surface area contributed by atoms with E-state index in [0.717, 1.165) is 16.6 Å². The molecule has 0 spiro atoms. The fourth-order valence-corrected chi connectivity index (χ4v) is 2.07. The van der Waals surface area contributed by atoms with Crippen molar-refractivity contribution in [2.75, 3.05) is 0 Å². The van der Waals surface area contributed by atoms with Gasteiger partial charge >= 0.3 is 6.09 Å². The number of carbonyl (C=O) groups excluding carboxylic acids is 1. The first-order valence-electron chi connectivity index (χ1n) is 6.10. The van der Waals surface area contributed by atoms with Gasteiger partial charge in [-0.3, -0.25) is 0 Å². The monoisotopic (exact) mass is 280 g/mol. The van der Waals surface area contributed by atoms with Crippen LogP contribution < -0.4 is 0 Å². The fourth-order valence-electron chi connectivity index (χ4n) is 1.89. The highest BCUT2D eigenvalue weighted by Gasteiger charge is 2.23. The molecule has 2 rings (SSSR count). The summed E-state index contributed by atoms with van der Waals surface area (Å²) in [5.74, 6) is 0.660. The van der Waals surface area contributed by atoms with E-state index >= 15 is 0 Å². The summed E-state index contributed by atoms with van der Waals surface area (Å²) in [7, 11) is 0. The molecule has 1 aromatic carbocycles. The first-order valence-corrected chi connectivity index (χ1v) is 6.63. The number of hydrogen-bond acceptors (Lipinski definition) is 3. The van der Waals surface area contributed by atoms with Gasteiger partial charge in [-0.1, -0.05) is 12.1 Å². The maximum absolute atomic E-state index is 12.3. The number of imidazole rings is 1. The zero-order valence-electron chi connectivity index (χ0n) is 11.5. The molecule has 1 heterocycles. The Kier molecular flexibility index (Phi) is 3.54. The van der Waals surface area contributed by atoms with Gasteiger partial charge in [0, 0.05) is 0 Å². The standard InChI is InChI=1S/C14H17ClN2O2/c1-9-6-5-7-10-12(9)16-11(8-15)17(10)13(18)19-14(2,3)4/h5-7H,8H2,1-4H3. The van der Waals surface area contributed by atoms with E-state index in [1.54, 1.807) is 0 Å². The van der Waals surface area contributed by atoms with Crippen molar-refractivity contribution < 1.29 is 9.53 Å². The van der Waals surface area contributed by atoms with Crippen molar-refractivity contribution in [1.29, 1.82) is 0 Å². The molecule has 0 atom stereocenters. The quantitative estimate of drug-likeness (QED) is 0.745. The maximum atomic E-state index is 12.3. The summed E-state index contributed by atoms with van der Waals surface area (Å²) in [6.45, 7) is 7.44. The van der Waals surface area contributed by atoms with E-state index in [-0.39, 0.29) is 5.88 Å². The molecule has 0 bridgehead atoms. The summed E-state index contributed by atoms with van der Waals surface area (Å²) in [5.41, 5.74) is 1.96. The van der Waals surface area contributed by atoms with Crippen molar-refractivity contribution in [2.24, 2.45) is 0 Å². The largest absolute Gasteiger partial charge is 0.443 e. The fraction of sp³-hybridized carbons (Fsp3) is 0.429. The van der Waals surface area contributed by atoms with Crippen LogP contribution in [0.4, 0.5) is 4.79 Å². The van der Waals surface area contributed by atoms with Crippen LogP contribution >= 0.6 is 11.6 Å². The molecular formula is C14H17ClN2O2. The number of para-hydroxylation sites is 1. The number of aryl methyl sites for hydroxylation is 1. The Hall–Kier alpha value is -1.55. The number of benzene rings is 1. The predicted molar refractivity (Wildman–Crippen MR) is 75.7 cm³/mol. The Morgan fingerprint density at radius 3 is 2.68 bits per heavy atom. The maximum Gasteiger partial charge on any atom is 0.420 e. The van der Waals surface area contributed by atoms with E-state index < -0.39 is 11.7 Å². The Morgan fingerprint density at radius 1 is 1.42 bits per heavy atom. The van der Waals surface area contributed by atoms with Crippen LogP contribution in [-0.4, -0.2) is 21.2 Å². The summed E-state index contributed by atoms with van der Waals surface area (Å²) in [6.07, 6.45) is -0.448. The third-order valence-electron chi connectivity index (χ3n) is 2.65. The number of halogens is 1. The average molecular weight is 281 g/mol. The van der Waals surface area contributed by atoms with E-state index in [0.29, 0.717) is 5.82 Å². The third kappa shape index (κ3) is 2.73. The first kappa shape index (κ1) is 13.9. The molecule has 0 radical (unpaired) electrons. The molecule has 0 saturated carbocycles. The number of alkyl halides is 1. The van der Waals surface area contributed by atoms with Gasteiger partial charge < -0.3 is 4.74 Å². The second-order valence-electron chi connectivity index (χ2n) is 5.42. The minimum absolute atomic E-state index is 0.160. The number of hydrogen-bond donors (Lipinski definition) is 0. The lowest BCUT2D eigenvalue weighted by molar-refractivity contribution is 0.0540. The molecule has 2 aromatic rings. The van der Waals surface area contributed by atoms with Crippen LogP contribution in [0, 0.1) is 6.92 Å². The predicted octanol–water partition coefficient (Wildman–Crippen LogP) is 3.87. The van der Waals surface area contributed by atoms with E-state index in [1.165, 1.54) is 4.57 Å². The summed E-state index contributed by atoms with van der Waals surface area (Å²) >= 11 is 5.88. The second kappa shape index (κ2) is 4.85. The van der Waals surface area contributed by atoms with Gasteiger partial charge in [-0.25, -0.2) is 14.3 Å². The van der Waals surface area contributed by atoms with Crippen molar-refractivity contribution >= 4 is 28.7 Å². The lowest BCUT2D eigenvalue weighted by atomic mass is 10.2. The normalized spacial score (nSPS) is 11.8. The molecular weight excluding hydrogens is 264 g/mol. The minimum atomic E-state index is -0.554. The molecule has 0 fully saturated rings. The zero-order valence-corrected chi connectivity index (χ0v) is 12.3. The summed E-state index contributed by atoms with van der Waals surface area (Å²) in [4.78, 5) is 16.7. The molecule has 5 heteroatoms. The van der Waals surface area contributed by atoms with Gasteiger partial charge in [-0.15, -0.1) is 11.6 Å². The van der Waals surface area contributed by atoms with Gasteiger partial charge in [0.15, 0.2) is 0 Å². The molecule has 102 valence electrons. The number of carbonyl (C=O) groups is 1. The molecule has 0 aliphatic heterocycles. The van der Waals surface area contributed by atoms with E-state index in [2.05, 4.69) is 4.98 Å². The topological polar surface area (TPSA) is 44.1 Å². The van der Waals surface area contributed by atoms with E-state index in [4.69, 9.17) is 16.3 Å². The van der Waals surface area contributed by atoms with Crippen LogP contribution in [0.2, 0.25) is 0 Å². The number of ether oxygens (including phenoxy) is 1. The molecule has 0 amide bonds. The Labute approximate surface area is 117 Å². The first-order chi connectivity index (χ1) is 8.83. The summed E-state index contributed by atoms with van der Waals surface area (Å²) in [6, 6.07) is 5.68. The van der Waals surface area contributed by atoms with Crippen LogP contribution in [0.5, 0.6) is 0 Å². The Morgan fingerprint density at radius 2 is 2.11 bits per heavy atom. The molecule has 0 unspecified atom stereocenters. The molecule has 0 saturated heterocycles. The smallest absolute Gasteiger partial charge is 0.420 e. The van der Waals surface area contributed by atoms with Gasteiger partial charge in [0.25, 0.3) is 0 Å². The SMILES string of the molecule is Cc1cccc2c1nc(CCl)n2C(=O)OC(C)(C)C. The van der Waals surface area contributed by atoms with Crippen molar-refractivity contribution in [1.82, 2.24) is 9.55 Å². The van der Waals surface area contributed by atoms with E-state index in [1.807, 2.05) is 45.9 Å². The molecule has 4 nitrogen and oxygen atoms in total. The lowest BCUT2D eigenvalue weighted by Crippen LogP contribution is -2.28. The van der Waals surface area contributed by atoms with Crippen LogP contribution in [-0.2, 0) is 10.6 Å². The summed E-state index contributed by atoms with van der Waals surface area (Å²) < 4.78 is 6.84. The molecule has 1 aromatic heterocycles. The molecule has 0 aliphatic rings. The third-order valence-corrected chi connectivity index (χ3v) is 2.89. The molecule has 0 N–H and O–H groups in total. The van der Waals surface area contributed by atoms with Gasteiger partial charge in [0.2, 0.25) is 0 Å². The van der Waals surface area contributed by atoms with Crippen LogP contribution in [0.25, 0.3) is 11.0 Å². The van der Waals surface area contributed by atoms with Gasteiger partial charge in [0.1, 0.15) is 11.4 Å². The van der Waals surface area contributed by atoms with Crippen LogP contribution in [0.3, 0.4) is 0 Å². The zero-order chi connectivity index (χ0) is 14.2. The second-order valence-corrected chi connectivity index (χ2v) is 5.69. The number of aromatic nitrogens is 2. The minimum Gasteiger partial charge on any atom is -0.443 e. The number of rotatable bonds is 1. The average Bonchev–Trinajstić information content (AvgIpc) is 2.66. The van der Waals surface area contributed by atoms with Gasteiger partial charge in [-0.2, -0.15) is 0 Å². The number of nitrogens with zero attached hydrogens (tertiary/aromatic N) is 2. The van der Waals surface area contributed by atoms with Crippen molar-refractivity contribution in [3.8, 4) is 0 Å². The summed E-state index contributed by atoms with van der Waals surface area (Å²) in [5, 5.41) is 0. The lowest BCUT2D eigenvalue weighted by Gasteiger charge is -2.20. The van der Waals surface area contributed by atoms with Crippen molar-refractivity contribution in [2.45, 2.75) is 39.2 Å². The van der Waals surface area contributed by atoms with E-state index in [9.17, 15) is 4.79 Å². The highest BCUT2D eigenvalue weighted by atomic mass is 35.5. The number of fused-ring (bicyclic) bond motifs is 1.